The fraction of sp³-hybridized carbons (Fsp3) is 0.372. The van der Waals surface area contributed by atoms with Crippen molar-refractivity contribution in [3.05, 3.63) is 131 Å². The zero-order chi connectivity index (χ0) is 32.2. The van der Waals surface area contributed by atoms with Gasteiger partial charge in [0.1, 0.15) is 0 Å². The molecule has 0 bridgehead atoms. The highest BCUT2D eigenvalue weighted by Gasteiger charge is 2.25. The zero-order valence-corrected chi connectivity index (χ0v) is 28.6. The molecule has 0 saturated heterocycles. The molecule has 238 valence electrons. The zero-order valence-electron chi connectivity index (χ0n) is 28.6. The van der Waals surface area contributed by atoms with Crippen LogP contribution in [0.15, 0.2) is 97.1 Å². The highest BCUT2D eigenvalue weighted by molar-refractivity contribution is 5.97. The van der Waals surface area contributed by atoms with Gasteiger partial charge in [0.15, 0.2) is 0 Å². The number of aromatic nitrogens is 1. The van der Waals surface area contributed by atoms with Gasteiger partial charge in [-0.3, -0.25) is 4.98 Å². The van der Waals surface area contributed by atoms with Crippen LogP contribution in [0.5, 0.6) is 0 Å². The Hall–Kier alpha value is -3.95. The molecule has 0 radical (unpaired) electrons. The van der Waals surface area contributed by atoms with E-state index in [-0.39, 0.29) is 6.04 Å². The molecule has 0 aliphatic heterocycles. The molecule has 46 heavy (non-hydrogen) atoms. The molecule has 1 aliphatic carbocycles. The number of nitrogens with one attached hydrogen (secondary N) is 2. The van der Waals surface area contributed by atoms with Crippen LogP contribution in [-0.2, 0) is 6.54 Å². The summed E-state index contributed by atoms with van der Waals surface area (Å²) in [6.45, 7) is 14.6. The Morgan fingerprint density at radius 1 is 0.630 bits per heavy atom. The lowest BCUT2D eigenvalue weighted by molar-refractivity contribution is 0.525. The molecule has 4 aromatic carbocycles. The Morgan fingerprint density at radius 2 is 1.24 bits per heavy atom. The van der Waals surface area contributed by atoms with Crippen LogP contribution in [0, 0.1) is 0 Å². The van der Waals surface area contributed by atoms with Crippen molar-refractivity contribution in [3.8, 4) is 11.3 Å². The molecular weight excluding hydrogens is 558 g/mol. The van der Waals surface area contributed by atoms with Gasteiger partial charge in [-0.1, -0.05) is 139 Å². The third-order valence-electron chi connectivity index (χ3n) is 9.86. The number of pyridine rings is 1. The lowest BCUT2D eigenvalue weighted by atomic mass is 9.88. The van der Waals surface area contributed by atoms with E-state index in [1.54, 1.807) is 0 Å². The SMILES string of the molecule is CC(C)c1ccccc1C(Nc1c(C(C)C)cccc1C(C)C)c1cccc(-c2c(CNC3CCCC3)ccc3ccccc23)n1. The lowest BCUT2D eigenvalue weighted by Crippen LogP contribution is -2.25. The molecule has 1 aromatic heterocycles. The van der Waals surface area contributed by atoms with Crippen LogP contribution >= 0.6 is 0 Å². The Bertz CT molecular complexity index is 1750. The second-order valence-corrected chi connectivity index (χ2v) is 14.1. The van der Waals surface area contributed by atoms with Gasteiger partial charge in [-0.05, 0) is 81.3 Å². The molecule has 1 fully saturated rings. The van der Waals surface area contributed by atoms with E-state index in [0.717, 1.165) is 17.9 Å². The first-order valence-corrected chi connectivity index (χ1v) is 17.5. The van der Waals surface area contributed by atoms with Crippen molar-refractivity contribution in [2.45, 2.75) is 104 Å². The summed E-state index contributed by atoms with van der Waals surface area (Å²) in [5.74, 6) is 1.18. The summed E-state index contributed by atoms with van der Waals surface area (Å²) >= 11 is 0. The summed E-state index contributed by atoms with van der Waals surface area (Å²) < 4.78 is 0. The van der Waals surface area contributed by atoms with Crippen molar-refractivity contribution < 1.29 is 0 Å². The first-order valence-electron chi connectivity index (χ1n) is 17.5. The maximum Gasteiger partial charge on any atom is 0.0943 e. The van der Waals surface area contributed by atoms with E-state index in [9.17, 15) is 0 Å². The molecule has 1 unspecified atom stereocenters. The van der Waals surface area contributed by atoms with Crippen LogP contribution in [0.3, 0.4) is 0 Å². The first-order chi connectivity index (χ1) is 22.3. The van der Waals surface area contributed by atoms with Gasteiger partial charge in [0, 0.05) is 23.8 Å². The Labute approximate surface area is 276 Å². The maximum atomic E-state index is 5.57. The number of rotatable bonds is 11. The van der Waals surface area contributed by atoms with E-state index in [4.69, 9.17) is 4.98 Å². The molecular formula is C43H51N3. The molecule has 5 aromatic rings. The van der Waals surface area contributed by atoms with Crippen LogP contribution in [0.1, 0.15) is 125 Å². The minimum Gasteiger partial charge on any atom is -0.372 e. The van der Waals surface area contributed by atoms with Gasteiger partial charge in [-0.25, -0.2) is 0 Å². The predicted molar refractivity (Wildman–Crippen MR) is 197 cm³/mol. The van der Waals surface area contributed by atoms with Crippen molar-refractivity contribution in [1.29, 1.82) is 0 Å². The van der Waals surface area contributed by atoms with Crippen molar-refractivity contribution in [2.75, 3.05) is 5.32 Å². The van der Waals surface area contributed by atoms with Crippen LogP contribution in [0.2, 0.25) is 0 Å². The largest absolute Gasteiger partial charge is 0.372 e. The topological polar surface area (TPSA) is 37.0 Å². The average Bonchev–Trinajstić information content (AvgIpc) is 3.59. The van der Waals surface area contributed by atoms with E-state index in [1.165, 1.54) is 75.5 Å². The van der Waals surface area contributed by atoms with E-state index in [0.29, 0.717) is 23.8 Å². The van der Waals surface area contributed by atoms with Gasteiger partial charge in [0.2, 0.25) is 0 Å². The second-order valence-electron chi connectivity index (χ2n) is 14.1. The van der Waals surface area contributed by atoms with Gasteiger partial charge in [-0.2, -0.15) is 0 Å². The Morgan fingerprint density at radius 3 is 1.93 bits per heavy atom. The summed E-state index contributed by atoms with van der Waals surface area (Å²) in [7, 11) is 0. The van der Waals surface area contributed by atoms with Gasteiger partial charge < -0.3 is 10.6 Å². The van der Waals surface area contributed by atoms with Gasteiger partial charge >= 0.3 is 0 Å². The monoisotopic (exact) mass is 609 g/mol. The number of para-hydroxylation sites is 1. The smallest absolute Gasteiger partial charge is 0.0943 e. The van der Waals surface area contributed by atoms with Gasteiger partial charge in [-0.15, -0.1) is 0 Å². The predicted octanol–water partition coefficient (Wildman–Crippen LogP) is 11.5. The van der Waals surface area contributed by atoms with Gasteiger partial charge in [0.05, 0.1) is 17.4 Å². The fourth-order valence-corrected chi connectivity index (χ4v) is 7.37. The highest BCUT2D eigenvalue weighted by atomic mass is 15.0. The number of hydrogen-bond donors (Lipinski definition) is 2. The second kappa shape index (κ2) is 14.2. The maximum absolute atomic E-state index is 5.57. The molecule has 1 atom stereocenters. The fourth-order valence-electron chi connectivity index (χ4n) is 7.37. The third-order valence-corrected chi connectivity index (χ3v) is 9.86. The van der Waals surface area contributed by atoms with Crippen LogP contribution in [-0.4, -0.2) is 11.0 Å². The minimum absolute atomic E-state index is 0.106. The Kier molecular flexibility index (Phi) is 9.89. The Balaban J connectivity index is 1.51. The van der Waals surface area contributed by atoms with E-state index in [1.807, 2.05) is 0 Å². The molecule has 3 nitrogen and oxygen atoms in total. The summed E-state index contributed by atoms with van der Waals surface area (Å²) in [6, 6.07) is 36.2. The standard InChI is InChI=1S/C43H51N3/c1-28(2)34-18-11-12-20-38(34)43(46-42-35(29(3)4)21-13-22-36(42)30(5)6)40-24-14-23-39(45-40)41-32(27-44-33-16-8-9-17-33)26-25-31-15-7-10-19-37(31)41/h7,10-15,18-26,28-30,33,43-44,46H,8-9,16-17,27H2,1-6H3. The van der Waals surface area contributed by atoms with E-state index in [2.05, 4.69) is 149 Å². The van der Waals surface area contributed by atoms with E-state index >= 15 is 0 Å². The summed E-state index contributed by atoms with van der Waals surface area (Å²) in [5, 5.41) is 10.5. The third kappa shape index (κ3) is 6.76. The quantitative estimate of drug-likeness (QED) is 0.156. The summed E-state index contributed by atoms with van der Waals surface area (Å²) in [5.41, 5.74) is 11.2. The molecule has 1 saturated carbocycles. The normalized spacial score (nSPS) is 14.5. The molecule has 1 heterocycles. The number of anilines is 1. The van der Waals surface area contributed by atoms with Crippen molar-refractivity contribution in [3.63, 3.8) is 0 Å². The van der Waals surface area contributed by atoms with Crippen LogP contribution < -0.4 is 10.6 Å². The lowest BCUT2D eigenvalue weighted by Gasteiger charge is -2.29. The highest BCUT2D eigenvalue weighted by Crippen LogP contribution is 2.39. The number of fused-ring (bicyclic) bond motifs is 1. The molecule has 6 rings (SSSR count). The van der Waals surface area contributed by atoms with Crippen molar-refractivity contribution in [1.82, 2.24) is 10.3 Å². The van der Waals surface area contributed by atoms with Crippen LogP contribution in [0.25, 0.3) is 22.0 Å². The average molecular weight is 610 g/mol. The van der Waals surface area contributed by atoms with Gasteiger partial charge in [0.25, 0.3) is 0 Å². The molecule has 0 spiro atoms. The van der Waals surface area contributed by atoms with Crippen LogP contribution in [0.4, 0.5) is 5.69 Å². The number of hydrogen-bond acceptors (Lipinski definition) is 3. The number of nitrogens with zero attached hydrogens (tertiary/aromatic N) is 1. The number of benzene rings is 4. The molecule has 1 aliphatic rings. The summed E-state index contributed by atoms with van der Waals surface area (Å²) in [4.78, 5) is 5.57. The van der Waals surface area contributed by atoms with Crippen molar-refractivity contribution in [2.24, 2.45) is 0 Å². The first kappa shape index (κ1) is 32.0. The summed E-state index contributed by atoms with van der Waals surface area (Å²) in [6.07, 6.45) is 5.21. The minimum atomic E-state index is -0.106. The van der Waals surface area contributed by atoms with E-state index < -0.39 is 0 Å². The molecule has 0 amide bonds. The molecule has 2 N–H and O–H groups in total. The van der Waals surface area contributed by atoms with Crippen molar-refractivity contribution >= 4 is 16.5 Å². The molecule has 3 heteroatoms.